The van der Waals surface area contributed by atoms with E-state index >= 15 is 0 Å². The maximum absolute atomic E-state index is 13.1. The topological polar surface area (TPSA) is 70.5 Å². The van der Waals surface area contributed by atoms with Gasteiger partial charge in [-0.3, -0.25) is 9.59 Å². The molecule has 1 aliphatic heterocycles. The van der Waals surface area contributed by atoms with Crippen molar-refractivity contribution in [2.24, 2.45) is 0 Å². The smallest absolute Gasteiger partial charge is 0.289 e. The predicted molar refractivity (Wildman–Crippen MR) is 113 cm³/mol. The van der Waals surface area contributed by atoms with Crippen LogP contribution in [0.15, 0.2) is 30.3 Å². The Labute approximate surface area is 172 Å². The molecule has 1 aliphatic rings. The summed E-state index contributed by atoms with van der Waals surface area (Å²) in [5.74, 6) is 0.0411. The highest BCUT2D eigenvalue weighted by Gasteiger charge is 2.28. The number of hydrogen-bond donors (Lipinski definition) is 1. The maximum Gasteiger partial charge on any atom is 0.289 e. The van der Waals surface area contributed by atoms with Crippen molar-refractivity contribution >= 4 is 11.8 Å². The molecule has 0 radical (unpaired) electrons. The summed E-state index contributed by atoms with van der Waals surface area (Å²) in [6, 6.07) is 9.88. The van der Waals surface area contributed by atoms with Gasteiger partial charge in [-0.05, 0) is 51.9 Å². The lowest BCUT2D eigenvalue weighted by Crippen LogP contribution is -2.30. The summed E-state index contributed by atoms with van der Waals surface area (Å²) in [6.07, 6.45) is 3.67. The quantitative estimate of drug-likeness (QED) is 0.693. The molecular weight excluding hydrogens is 366 g/mol. The molecule has 0 fully saturated rings. The van der Waals surface area contributed by atoms with E-state index in [2.05, 4.69) is 15.2 Å². The van der Waals surface area contributed by atoms with Crippen LogP contribution in [0, 0.1) is 0 Å². The average Bonchev–Trinajstić information content (AvgIpc) is 3.11. The second-order valence-corrected chi connectivity index (χ2v) is 7.90. The van der Waals surface area contributed by atoms with Crippen molar-refractivity contribution in [3.8, 4) is 0 Å². The highest BCUT2D eigenvalue weighted by molar-refractivity contribution is 5.97. The Bertz CT molecular complexity index is 844. The minimum absolute atomic E-state index is 0.149. The van der Waals surface area contributed by atoms with E-state index in [1.54, 1.807) is 11.9 Å². The zero-order chi connectivity index (χ0) is 20.8. The molecule has 1 aromatic heterocycles. The number of benzene rings is 1. The molecule has 7 nitrogen and oxygen atoms in total. The summed E-state index contributed by atoms with van der Waals surface area (Å²) in [5, 5.41) is 2.96. The third kappa shape index (κ3) is 5.23. The lowest BCUT2D eigenvalue weighted by Gasteiger charge is -2.20. The van der Waals surface area contributed by atoms with Gasteiger partial charge in [0.15, 0.2) is 5.82 Å². The average molecular weight is 398 g/mol. The molecule has 0 saturated carbocycles. The van der Waals surface area contributed by atoms with Crippen molar-refractivity contribution in [2.45, 2.75) is 38.8 Å². The zero-order valence-corrected chi connectivity index (χ0v) is 17.6. The first-order valence-corrected chi connectivity index (χ1v) is 10.3. The first kappa shape index (κ1) is 21.0. The van der Waals surface area contributed by atoms with Crippen LogP contribution < -0.4 is 5.32 Å². The molecule has 7 heteroatoms. The van der Waals surface area contributed by atoms with Crippen LogP contribution in [0.2, 0.25) is 0 Å². The van der Waals surface area contributed by atoms with Gasteiger partial charge in [0, 0.05) is 26.7 Å². The second kappa shape index (κ2) is 9.69. The van der Waals surface area contributed by atoms with Crippen molar-refractivity contribution in [3.05, 3.63) is 53.1 Å². The molecule has 29 heavy (non-hydrogen) atoms. The van der Waals surface area contributed by atoms with Gasteiger partial charge in [0.2, 0.25) is 0 Å². The van der Waals surface area contributed by atoms with Gasteiger partial charge in [-0.25, -0.2) is 4.98 Å². The lowest BCUT2D eigenvalue weighted by molar-refractivity contribution is 0.0766. The molecule has 156 valence electrons. The SMILES string of the molecule is CN(C)CCCNC(=O)c1nc(C(=O)N(C)Cc2ccccc2)n2c1CCCC2. The minimum atomic E-state index is -0.181. The van der Waals surface area contributed by atoms with Crippen molar-refractivity contribution in [1.29, 1.82) is 0 Å². The number of carbonyl (C=O) groups is 2. The van der Waals surface area contributed by atoms with Gasteiger partial charge in [-0.2, -0.15) is 0 Å². The van der Waals surface area contributed by atoms with Crippen LogP contribution in [0.25, 0.3) is 0 Å². The Morgan fingerprint density at radius 3 is 2.62 bits per heavy atom. The first-order valence-electron chi connectivity index (χ1n) is 10.3. The third-order valence-electron chi connectivity index (χ3n) is 5.20. The maximum atomic E-state index is 13.1. The van der Waals surface area contributed by atoms with Crippen molar-refractivity contribution in [2.75, 3.05) is 34.2 Å². The van der Waals surface area contributed by atoms with Gasteiger partial charge >= 0.3 is 0 Å². The Hall–Kier alpha value is -2.67. The Morgan fingerprint density at radius 2 is 1.90 bits per heavy atom. The number of nitrogens with one attached hydrogen (secondary N) is 1. The Balaban J connectivity index is 1.75. The van der Waals surface area contributed by atoms with Gasteiger partial charge < -0.3 is 19.7 Å². The van der Waals surface area contributed by atoms with E-state index in [9.17, 15) is 9.59 Å². The van der Waals surface area contributed by atoms with Crippen LogP contribution >= 0.6 is 0 Å². The third-order valence-corrected chi connectivity index (χ3v) is 5.20. The molecule has 1 N–H and O–H groups in total. The lowest BCUT2D eigenvalue weighted by atomic mass is 10.1. The second-order valence-electron chi connectivity index (χ2n) is 7.90. The fourth-order valence-corrected chi connectivity index (χ4v) is 3.67. The summed E-state index contributed by atoms with van der Waals surface area (Å²) in [7, 11) is 5.80. The molecule has 2 aromatic rings. The van der Waals surface area contributed by atoms with Gasteiger partial charge in [-0.15, -0.1) is 0 Å². The molecule has 0 atom stereocenters. The molecule has 1 aromatic carbocycles. The van der Waals surface area contributed by atoms with Crippen LogP contribution in [0.1, 0.15) is 51.6 Å². The molecule has 2 heterocycles. The van der Waals surface area contributed by atoms with Gasteiger partial charge in [-0.1, -0.05) is 30.3 Å². The molecule has 0 spiro atoms. The Kier molecular flexibility index (Phi) is 7.04. The molecule has 2 amide bonds. The largest absolute Gasteiger partial charge is 0.351 e. The summed E-state index contributed by atoms with van der Waals surface area (Å²) in [4.78, 5) is 34.1. The highest BCUT2D eigenvalue weighted by atomic mass is 16.2. The summed E-state index contributed by atoms with van der Waals surface area (Å²) < 4.78 is 1.95. The van der Waals surface area contributed by atoms with E-state index in [1.165, 1.54) is 0 Å². The normalized spacial score (nSPS) is 13.2. The fourth-order valence-electron chi connectivity index (χ4n) is 3.67. The molecule has 0 aliphatic carbocycles. The predicted octanol–water partition coefficient (Wildman–Crippen LogP) is 2.17. The van der Waals surface area contributed by atoms with E-state index in [0.29, 0.717) is 24.6 Å². The molecule has 0 saturated heterocycles. The van der Waals surface area contributed by atoms with Crippen molar-refractivity contribution < 1.29 is 9.59 Å². The standard InChI is InChI=1S/C22H31N5O2/c1-25(2)14-9-13-23-21(28)19-18-12-7-8-15-27(18)20(24-19)22(29)26(3)16-17-10-5-4-6-11-17/h4-6,10-11H,7-9,12-16H2,1-3H3,(H,23,28). The van der Waals surface area contributed by atoms with Gasteiger partial charge in [0.25, 0.3) is 11.8 Å². The number of hydrogen-bond acceptors (Lipinski definition) is 4. The number of fused-ring (bicyclic) bond motifs is 1. The van der Waals surface area contributed by atoms with E-state index in [-0.39, 0.29) is 11.8 Å². The number of carbonyl (C=O) groups excluding carboxylic acids is 2. The van der Waals surface area contributed by atoms with Crippen LogP contribution in [-0.2, 0) is 19.5 Å². The van der Waals surface area contributed by atoms with E-state index < -0.39 is 0 Å². The van der Waals surface area contributed by atoms with E-state index in [4.69, 9.17) is 0 Å². The van der Waals surface area contributed by atoms with Gasteiger partial charge in [0.1, 0.15) is 5.69 Å². The minimum Gasteiger partial charge on any atom is -0.351 e. The van der Waals surface area contributed by atoms with Crippen molar-refractivity contribution in [3.63, 3.8) is 0 Å². The van der Waals surface area contributed by atoms with Crippen LogP contribution in [0.5, 0.6) is 0 Å². The summed E-state index contributed by atoms with van der Waals surface area (Å²) >= 11 is 0. The number of rotatable bonds is 8. The molecule has 0 bridgehead atoms. The number of amides is 2. The van der Waals surface area contributed by atoms with E-state index in [1.807, 2.05) is 49.0 Å². The Morgan fingerprint density at radius 1 is 1.14 bits per heavy atom. The van der Waals surface area contributed by atoms with Crippen LogP contribution in [0.3, 0.4) is 0 Å². The number of imidazole rings is 1. The fraction of sp³-hybridized carbons (Fsp3) is 0.500. The number of aromatic nitrogens is 2. The van der Waals surface area contributed by atoms with E-state index in [0.717, 1.165) is 50.0 Å². The highest BCUT2D eigenvalue weighted by Crippen LogP contribution is 2.22. The first-order chi connectivity index (χ1) is 14.0. The number of nitrogens with zero attached hydrogens (tertiary/aromatic N) is 4. The summed E-state index contributed by atoms with van der Waals surface area (Å²) in [6.45, 7) is 2.75. The summed E-state index contributed by atoms with van der Waals surface area (Å²) in [5.41, 5.74) is 2.36. The van der Waals surface area contributed by atoms with Gasteiger partial charge in [0.05, 0.1) is 5.69 Å². The molecule has 0 unspecified atom stereocenters. The monoisotopic (exact) mass is 397 g/mol. The molecule has 3 rings (SSSR count). The zero-order valence-electron chi connectivity index (χ0n) is 17.6. The van der Waals surface area contributed by atoms with Crippen LogP contribution in [-0.4, -0.2) is 65.4 Å². The van der Waals surface area contributed by atoms with Crippen molar-refractivity contribution in [1.82, 2.24) is 24.7 Å². The van der Waals surface area contributed by atoms with Crippen LogP contribution in [0.4, 0.5) is 0 Å². The molecular formula is C22H31N5O2.